The first-order chi connectivity index (χ1) is 7.83. The smallest absolute Gasteiger partial charge is 0.00698 e. The van der Waals surface area contributed by atoms with E-state index in [1.807, 2.05) is 0 Å². The highest BCUT2D eigenvalue weighted by molar-refractivity contribution is 4.83. The van der Waals surface area contributed by atoms with Crippen LogP contribution in [0.1, 0.15) is 60.3 Å². The van der Waals surface area contributed by atoms with E-state index in [0.717, 1.165) is 18.6 Å². The summed E-state index contributed by atoms with van der Waals surface area (Å²) in [5, 5.41) is 0. The molecule has 0 bridgehead atoms. The van der Waals surface area contributed by atoms with Gasteiger partial charge in [0.25, 0.3) is 0 Å². The molecule has 0 spiro atoms. The summed E-state index contributed by atoms with van der Waals surface area (Å²) >= 11 is 0. The van der Waals surface area contributed by atoms with Crippen LogP contribution in [0.4, 0.5) is 0 Å². The van der Waals surface area contributed by atoms with E-state index in [2.05, 4.69) is 39.5 Å². The largest absolute Gasteiger partial charge is 0.330 e. The summed E-state index contributed by atoms with van der Waals surface area (Å²) in [7, 11) is 0. The summed E-state index contributed by atoms with van der Waals surface area (Å²) in [6, 6.07) is 1.49. The molecular formula is C15H32N2. The first kappa shape index (κ1) is 15.0. The van der Waals surface area contributed by atoms with Gasteiger partial charge in [0.2, 0.25) is 0 Å². The molecule has 2 heteroatoms. The fourth-order valence-corrected chi connectivity index (χ4v) is 3.22. The third-order valence-electron chi connectivity index (χ3n) is 4.08. The zero-order valence-electron chi connectivity index (χ0n) is 12.5. The van der Waals surface area contributed by atoms with E-state index < -0.39 is 0 Å². The Morgan fingerprint density at radius 3 is 2.12 bits per heavy atom. The van der Waals surface area contributed by atoms with E-state index in [0.29, 0.717) is 11.3 Å². The van der Waals surface area contributed by atoms with E-state index >= 15 is 0 Å². The number of rotatable bonds is 4. The van der Waals surface area contributed by atoms with Crippen molar-refractivity contribution in [2.45, 2.75) is 72.4 Å². The van der Waals surface area contributed by atoms with E-state index in [-0.39, 0.29) is 0 Å². The zero-order valence-corrected chi connectivity index (χ0v) is 12.5. The van der Waals surface area contributed by atoms with Crippen molar-refractivity contribution in [1.29, 1.82) is 0 Å². The predicted octanol–water partition coefficient (Wildman–Crippen LogP) is 3.26. The maximum atomic E-state index is 5.96. The molecule has 102 valence electrons. The topological polar surface area (TPSA) is 29.3 Å². The summed E-state index contributed by atoms with van der Waals surface area (Å²) in [6.45, 7) is 13.7. The van der Waals surface area contributed by atoms with Gasteiger partial charge in [0.05, 0.1) is 0 Å². The van der Waals surface area contributed by atoms with Crippen LogP contribution in [0.15, 0.2) is 0 Å². The molecule has 1 aliphatic heterocycles. The minimum absolute atomic E-state index is 0.395. The zero-order chi connectivity index (χ0) is 13.1. The quantitative estimate of drug-likeness (QED) is 0.817. The first-order valence-electron chi connectivity index (χ1n) is 7.29. The summed E-state index contributed by atoms with van der Waals surface area (Å²) in [5.41, 5.74) is 6.36. The molecule has 0 aromatic heterocycles. The van der Waals surface area contributed by atoms with Gasteiger partial charge in [0.15, 0.2) is 0 Å². The third-order valence-corrected chi connectivity index (χ3v) is 4.08. The van der Waals surface area contributed by atoms with E-state index in [1.54, 1.807) is 0 Å². The number of likely N-dealkylation sites (tertiary alicyclic amines) is 1. The average molecular weight is 240 g/mol. The fourth-order valence-electron chi connectivity index (χ4n) is 3.22. The molecule has 17 heavy (non-hydrogen) atoms. The van der Waals surface area contributed by atoms with E-state index in [4.69, 9.17) is 5.73 Å². The second-order valence-corrected chi connectivity index (χ2v) is 7.19. The van der Waals surface area contributed by atoms with Crippen LogP contribution in [0.3, 0.4) is 0 Å². The second-order valence-electron chi connectivity index (χ2n) is 7.19. The van der Waals surface area contributed by atoms with Crippen LogP contribution < -0.4 is 5.73 Å². The van der Waals surface area contributed by atoms with E-state index in [9.17, 15) is 0 Å². The van der Waals surface area contributed by atoms with Crippen molar-refractivity contribution in [1.82, 2.24) is 4.90 Å². The van der Waals surface area contributed by atoms with E-state index in [1.165, 1.54) is 32.2 Å². The third kappa shape index (κ3) is 4.97. The Balaban J connectivity index is 2.54. The van der Waals surface area contributed by atoms with Crippen molar-refractivity contribution in [3.8, 4) is 0 Å². The molecular weight excluding hydrogens is 208 g/mol. The number of nitrogens with two attached hydrogens (primary N) is 1. The Bertz CT molecular complexity index is 209. The minimum atomic E-state index is 0.395. The number of nitrogens with zero attached hydrogens (tertiary/aromatic N) is 1. The molecule has 0 amide bonds. The van der Waals surface area contributed by atoms with Gasteiger partial charge >= 0.3 is 0 Å². The molecule has 3 atom stereocenters. The van der Waals surface area contributed by atoms with Crippen LogP contribution in [-0.2, 0) is 0 Å². The Morgan fingerprint density at radius 2 is 1.71 bits per heavy atom. The molecule has 0 aliphatic carbocycles. The van der Waals surface area contributed by atoms with Crippen molar-refractivity contribution in [3.63, 3.8) is 0 Å². The molecule has 1 unspecified atom stereocenters. The molecule has 0 aromatic carbocycles. The molecule has 0 radical (unpaired) electrons. The van der Waals surface area contributed by atoms with Crippen LogP contribution in [0, 0.1) is 11.3 Å². The lowest BCUT2D eigenvalue weighted by Crippen LogP contribution is -2.47. The molecule has 2 nitrogen and oxygen atoms in total. The minimum Gasteiger partial charge on any atom is -0.330 e. The van der Waals surface area contributed by atoms with Crippen molar-refractivity contribution >= 4 is 0 Å². The van der Waals surface area contributed by atoms with Gasteiger partial charge in [-0.05, 0) is 51.0 Å². The van der Waals surface area contributed by atoms with Gasteiger partial charge in [-0.1, -0.05) is 27.2 Å². The van der Waals surface area contributed by atoms with Crippen molar-refractivity contribution in [2.24, 2.45) is 17.1 Å². The molecule has 2 N–H and O–H groups in total. The molecule has 1 heterocycles. The van der Waals surface area contributed by atoms with Gasteiger partial charge in [-0.2, -0.15) is 0 Å². The van der Waals surface area contributed by atoms with Crippen LogP contribution in [-0.4, -0.2) is 30.1 Å². The SMILES string of the molecule is C[C@@H]1CCC[C@H](C)N1CC(CN)CC(C)(C)C. The highest BCUT2D eigenvalue weighted by atomic mass is 15.2. The Kier molecular flexibility index (Phi) is 5.46. The molecule has 0 saturated carbocycles. The van der Waals surface area contributed by atoms with Crippen molar-refractivity contribution in [2.75, 3.05) is 13.1 Å². The van der Waals surface area contributed by atoms with Gasteiger partial charge in [-0.25, -0.2) is 0 Å². The second kappa shape index (κ2) is 6.19. The Labute approximate surface area is 108 Å². The number of piperidine rings is 1. The first-order valence-corrected chi connectivity index (χ1v) is 7.29. The number of hydrogen-bond acceptors (Lipinski definition) is 2. The fraction of sp³-hybridized carbons (Fsp3) is 1.00. The lowest BCUT2D eigenvalue weighted by Gasteiger charge is -2.41. The molecule has 1 aliphatic rings. The van der Waals surface area contributed by atoms with Crippen molar-refractivity contribution in [3.05, 3.63) is 0 Å². The van der Waals surface area contributed by atoms with Gasteiger partial charge < -0.3 is 5.73 Å². The van der Waals surface area contributed by atoms with Crippen LogP contribution >= 0.6 is 0 Å². The normalized spacial score (nSPS) is 29.3. The van der Waals surface area contributed by atoms with Crippen molar-refractivity contribution < 1.29 is 0 Å². The van der Waals surface area contributed by atoms with Gasteiger partial charge in [-0.3, -0.25) is 4.90 Å². The maximum absolute atomic E-state index is 5.96. The number of hydrogen-bond donors (Lipinski definition) is 1. The molecule has 1 rings (SSSR count). The molecule has 1 fully saturated rings. The van der Waals surface area contributed by atoms with Gasteiger partial charge in [0.1, 0.15) is 0 Å². The highest BCUT2D eigenvalue weighted by Gasteiger charge is 2.28. The Hall–Kier alpha value is -0.0800. The van der Waals surface area contributed by atoms with Gasteiger partial charge in [0, 0.05) is 18.6 Å². The van der Waals surface area contributed by atoms with Crippen LogP contribution in [0.5, 0.6) is 0 Å². The summed E-state index contributed by atoms with van der Waals surface area (Å²) in [4.78, 5) is 2.69. The molecule has 0 aromatic rings. The average Bonchev–Trinajstić information content (AvgIpc) is 2.20. The predicted molar refractivity (Wildman–Crippen MR) is 76.1 cm³/mol. The standard InChI is InChI=1S/C15H32N2/c1-12-7-6-8-13(2)17(12)11-14(10-16)9-15(3,4)5/h12-14H,6-11,16H2,1-5H3/t12-,13+,14?. The molecule has 1 saturated heterocycles. The van der Waals surface area contributed by atoms with Crippen LogP contribution in [0.2, 0.25) is 0 Å². The van der Waals surface area contributed by atoms with Gasteiger partial charge in [-0.15, -0.1) is 0 Å². The lowest BCUT2D eigenvalue weighted by molar-refractivity contribution is 0.0759. The summed E-state index contributed by atoms with van der Waals surface area (Å²) in [5.74, 6) is 0.651. The van der Waals surface area contributed by atoms with Crippen LogP contribution in [0.25, 0.3) is 0 Å². The maximum Gasteiger partial charge on any atom is 0.00698 e. The monoisotopic (exact) mass is 240 g/mol. The summed E-state index contributed by atoms with van der Waals surface area (Å²) in [6.07, 6.45) is 5.35. The summed E-state index contributed by atoms with van der Waals surface area (Å²) < 4.78 is 0. The highest BCUT2D eigenvalue weighted by Crippen LogP contribution is 2.28. The Morgan fingerprint density at radius 1 is 1.18 bits per heavy atom. The lowest BCUT2D eigenvalue weighted by atomic mass is 9.83.